The van der Waals surface area contributed by atoms with E-state index in [2.05, 4.69) is 10.2 Å². The van der Waals surface area contributed by atoms with Gasteiger partial charge in [-0.05, 0) is 18.2 Å². The quantitative estimate of drug-likeness (QED) is 0.677. The van der Waals surface area contributed by atoms with E-state index in [-0.39, 0.29) is 16.8 Å². The van der Waals surface area contributed by atoms with Gasteiger partial charge < -0.3 is 10.4 Å². The zero-order valence-electron chi connectivity index (χ0n) is 9.51. The van der Waals surface area contributed by atoms with E-state index in [4.69, 9.17) is 15.6 Å². The van der Waals surface area contributed by atoms with Gasteiger partial charge in [0.2, 0.25) is 0 Å². The second kappa shape index (κ2) is 6.59. The summed E-state index contributed by atoms with van der Waals surface area (Å²) in [7, 11) is 0. The molecular formula is C11H8N4O4. The summed E-state index contributed by atoms with van der Waals surface area (Å²) in [6.45, 7) is -0.676. The number of carbonyl (C=O) groups is 2. The van der Waals surface area contributed by atoms with Gasteiger partial charge in [-0.3, -0.25) is 4.84 Å². The summed E-state index contributed by atoms with van der Waals surface area (Å²) in [4.78, 5) is 25.7. The van der Waals surface area contributed by atoms with Crippen molar-refractivity contribution in [3.63, 3.8) is 0 Å². The number of aliphatic carboxylic acids is 1. The summed E-state index contributed by atoms with van der Waals surface area (Å²) >= 11 is 0. The fourth-order valence-electron chi connectivity index (χ4n) is 1.13. The minimum Gasteiger partial charge on any atom is -0.479 e. The average molecular weight is 260 g/mol. The molecule has 0 saturated heterocycles. The van der Waals surface area contributed by atoms with Crippen LogP contribution in [-0.2, 0) is 9.63 Å². The van der Waals surface area contributed by atoms with E-state index in [0.717, 1.165) is 0 Å². The van der Waals surface area contributed by atoms with Crippen molar-refractivity contribution in [1.82, 2.24) is 5.48 Å². The molecular weight excluding hydrogens is 252 g/mol. The first-order valence-electron chi connectivity index (χ1n) is 4.91. The molecule has 8 nitrogen and oxygen atoms in total. The third-order valence-electron chi connectivity index (χ3n) is 1.88. The largest absolute Gasteiger partial charge is 0.479 e. The number of carboxylic acids is 1. The lowest BCUT2D eigenvalue weighted by atomic mass is 10.1. The van der Waals surface area contributed by atoms with Gasteiger partial charge in [-0.1, -0.05) is 0 Å². The highest BCUT2D eigenvalue weighted by Crippen LogP contribution is 2.14. The van der Waals surface area contributed by atoms with Crippen LogP contribution < -0.4 is 10.8 Å². The van der Waals surface area contributed by atoms with Gasteiger partial charge in [0.25, 0.3) is 0 Å². The van der Waals surface area contributed by atoms with E-state index in [9.17, 15) is 9.59 Å². The van der Waals surface area contributed by atoms with Crippen molar-refractivity contribution in [2.75, 3.05) is 11.9 Å². The zero-order valence-corrected chi connectivity index (χ0v) is 9.51. The van der Waals surface area contributed by atoms with Crippen LogP contribution in [0.5, 0.6) is 0 Å². The number of urea groups is 1. The van der Waals surface area contributed by atoms with Gasteiger partial charge in [0, 0.05) is 5.69 Å². The van der Waals surface area contributed by atoms with Crippen LogP contribution in [0.4, 0.5) is 10.5 Å². The number of benzene rings is 1. The number of nitriles is 2. The van der Waals surface area contributed by atoms with Crippen LogP contribution in [0.25, 0.3) is 0 Å². The summed E-state index contributed by atoms with van der Waals surface area (Å²) in [5.41, 5.74) is 2.43. The summed E-state index contributed by atoms with van der Waals surface area (Å²) in [5, 5.41) is 28.1. The number of carboxylic acid groups (broad SMARTS) is 1. The highest BCUT2D eigenvalue weighted by atomic mass is 16.7. The topological polar surface area (TPSA) is 135 Å². The first-order valence-corrected chi connectivity index (χ1v) is 4.91. The first kappa shape index (κ1) is 14.0. The maximum Gasteiger partial charge on any atom is 0.343 e. The van der Waals surface area contributed by atoms with Crippen molar-refractivity contribution >= 4 is 17.7 Å². The van der Waals surface area contributed by atoms with Crippen molar-refractivity contribution in [3.05, 3.63) is 29.3 Å². The van der Waals surface area contributed by atoms with Crippen molar-refractivity contribution < 1.29 is 19.5 Å². The van der Waals surface area contributed by atoms with Crippen molar-refractivity contribution in [3.8, 4) is 12.1 Å². The molecule has 0 aromatic heterocycles. The van der Waals surface area contributed by atoms with E-state index >= 15 is 0 Å². The van der Waals surface area contributed by atoms with Crippen molar-refractivity contribution in [2.45, 2.75) is 0 Å². The van der Waals surface area contributed by atoms with Gasteiger partial charge >= 0.3 is 12.0 Å². The summed E-state index contributed by atoms with van der Waals surface area (Å²) in [6, 6.07) is 6.97. The Balaban J connectivity index is 2.63. The van der Waals surface area contributed by atoms with Crippen LogP contribution >= 0.6 is 0 Å². The Hall–Kier alpha value is -3.10. The van der Waals surface area contributed by atoms with Crippen LogP contribution in [0.3, 0.4) is 0 Å². The van der Waals surface area contributed by atoms with E-state index in [1.807, 2.05) is 17.6 Å². The third-order valence-corrected chi connectivity index (χ3v) is 1.88. The van der Waals surface area contributed by atoms with Crippen LogP contribution in [0, 0.1) is 22.7 Å². The molecule has 2 amide bonds. The second-order valence-electron chi connectivity index (χ2n) is 3.22. The molecule has 0 aliphatic heterocycles. The Morgan fingerprint density at radius 1 is 1.26 bits per heavy atom. The van der Waals surface area contributed by atoms with Crippen LogP contribution in [0.15, 0.2) is 18.2 Å². The lowest BCUT2D eigenvalue weighted by Gasteiger charge is -2.07. The normalized spacial score (nSPS) is 8.95. The van der Waals surface area contributed by atoms with Gasteiger partial charge in [0.05, 0.1) is 11.1 Å². The molecule has 0 bridgehead atoms. The van der Waals surface area contributed by atoms with Crippen molar-refractivity contribution in [1.29, 1.82) is 10.5 Å². The predicted molar refractivity (Wildman–Crippen MR) is 61.6 cm³/mol. The highest BCUT2D eigenvalue weighted by Gasteiger charge is 2.06. The van der Waals surface area contributed by atoms with Crippen LogP contribution in [0.1, 0.15) is 11.1 Å². The monoisotopic (exact) mass is 260 g/mol. The molecule has 0 radical (unpaired) electrons. The van der Waals surface area contributed by atoms with E-state index in [1.165, 1.54) is 18.2 Å². The first-order chi connectivity index (χ1) is 9.06. The Morgan fingerprint density at radius 3 is 2.53 bits per heavy atom. The van der Waals surface area contributed by atoms with Crippen LogP contribution in [0.2, 0.25) is 0 Å². The van der Waals surface area contributed by atoms with Gasteiger partial charge in [-0.2, -0.15) is 10.5 Å². The molecule has 0 atom stereocenters. The van der Waals surface area contributed by atoms with E-state index in [0.29, 0.717) is 0 Å². The highest BCUT2D eigenvalue weighted by molar-refractivity contribution is 5.89. The lowest BCUT2D eigenvalue weighted by Crippen LogP contribution is -2.30. The molecule has 0 saturated carbocycles. The standard InChI is InChI=1S/C11H8N4O4/c12-4-7-1-2-9(3-8(7)5-13)14-11(18)15-19-6-10(16)17/h1-3H,6H2,(H,16,17)(H2,14,15,18). The SMILES string of the molecule is N#Cc1ccc(NC(=O)NOCC(=O)O)cc1C#N. The number of hydroxylamine groups is 1. The van der Waals surface area contributed by atoms with Crippen LogP contribution in [-0.4, -0.2) is 23.7 Å². The minimum absolute atomic E-state index is 0.117. The number of carbonyl (C=O) groups excluding carboxylic acids is 1. The Bertz CT molecular complexity index is 585. The molecule has 0 aliphatic carbocycles. The van der Waals surface area contributed by atoms with E-state index < -0.39 is 18.6 Å². The molecule has 0 spiro atoms. The molecule has 1 aromatic rings. The smallest absolute Gasteiger partial charge is 0.343 e. The summed E-state index contributed by atoms with van der Waals surface area (Å²) in [6.07, 6.45) is 0. The summed E-state index contributed by atoms with van der Waals surface area (Å²) in [5.74, 6) is -1.23. The molecule has 0 aliphatic rings. The lowest BCUT2D eigenvalue weighted by molar-refractivity contribution is -0.143. The maximum absolute atomic E-state index is 11.3. The molecule has 0 heterocycles. The van der Waals surface area contributed by atoms with Gasteiger partial charge in [0.15, 0.2) is 6.61 Å². The molecule has 3 N–H and O–H groups in total. The number of nitrogens with zero attached hydrogens (tertiary/aromatic N) is 2. The molecule has 0 unspecified atom stereocenters. The fourth-order valence-corrected chi connectivity index (χ4v) is 1.13. The van der Waals surface area contributed by atoms with E-state index in [1.54, 1.807) is 0 Å². The molecule has 8 heteroatoms. The number of amides is 2. The van der Waals surface area contributed by atoms with Gasteiger partial charge in [0.1, 0.15) is 12.1 Å². The van der Waals surface area contributed by atoms with Gasteiger partial charge in [-0.15, -0.1) is 0 Å². The molecule has 96 valence electrons. The van der Waals surface area contributed by atoms with Crippen molar-refractivity contribution in [2.24, 2.45) is 0 Å². The Labute approximate surface area is 107 Å². The second-order valence-corrected chi connectivity index (χ2v) is 3.22. The molecule has 0 fully saturated rings. The maximum atomic E-state index is 11.3. The van der Waals surface area contributed by atoms with Gasteiger partial charge in [-0.25, -0.2) is 15.1 Å². The third kappa shape index (κ3) is 4.34. The summed E-state index contributed by atoms with van der Waals surface area (Å²) < 4.78 is 0. The number of rotatable bonds is 4. The zero-order chi connectivity index (χ0) is 14.3. The number of nitrogens with one attached hydrogen (secondary N) is 2. The fraction of sp³-hybridized carbons (Fsp3) is 0.0909. The predicted octanol–water partition coefficient (Wildman–Crippen LogP) is 0.568. The molecule has 19 heavy (non-hydrogen) atoms. The Kier molecular flexibility index (Phi) is 4.84. The molecule has 1 aromatic carbocycles. The Morgan fingerprint density at radius 2 is 1.95 bits per heavy atom. The molecule has 1 rings (SSSR count). The number of hydrogen-bond donors (Lipinski definition) is 3. The average Bonchev–Trinajstić information content (AvgIpc) is 2.38. The number of anilines is 1. The number of hydrogen-bond acceptors (Lipinski definition) is 5. The minimum atomic E-state index is -1.23.